The van der Waals surface area contributed by atoms with Crippen molar-refractivity contribution in [2.75, 3.05) is 27.2 Å². The van der Waals surface area contributed by atoms with Crippen LogP contribution in [0.1, 0.15) is 45.9 Å². The first-order valence-electron chi connectivity index (χ1n) is 13.8. The standard InChI is InChI=1S/C31H29ClF3N5O4/c1-38(2)30(43)39-14-12-19(13-15-39)20-10-11-21(24(32)16-20)18-44-26-8-4-3-6-22(26)25-7-5-9-27(37-25)40-28(31(33,34)35)23(17-36-40)29(41)42/h3-11,16-17,19H,12-15,18H2,1-2H3,(H,41,42). The Balaban J connectivity index is 1.33. The quantitative estimate of drug-likeness (QED) is 0.243. The normalized spacial score (nSPS) is 14.0. The number of benzene rings is 2. The minimum absolute atomic E-state index is 0.0101. The first kappa shape index (κ1) is 30.9. The summed E-state index contributed by atoms with van der Waals surface area (Å²) >= 11 is 6.65. The Morgan fingerprint density at radius 1 is 1.07 bits per heavy atom. The molecule has 0 aliphatic carbocycles. The lowest BCUT2D eigenvalue weighted by atomic mass is 9.89. The molecule has 0 unspecified atom stereocenters. The van der Waals surface area contributed by atoms with Gasteiger partial charge in [0.25, 0.3) is 0 Å². The summed E-state index contributed by atoms with van der Waals surface area (Å²) in [6.45, 7) is 1.48. The molecule has 0 atom stereocenters. The molecule has 1 aliphatic heterocycles. The number of hydrogen-bond acceptors (Lipinski definition) is 5. The lowest BCUT2D eigenvalue weighted by Gasteiger charge is -2.34. The van der Waals surface area contributed by atoms with Crippen molar-refractivity contribution in [3.63, 3.8) is 0 Å². The number of halogens is 4. The summed E-state index contributed by atoms with van der Waals surface area (Å²) in [7, 11) is 3.49. The Labute approximate surface area is 256 Å². The number of pyridine rings is 1. The largest absolute Gasteiger partial charge is 0.488 e. The minimum atomic E-state index is -4.97. The highest BCUT2D eigenvalue weighted by molar-refractivity contribution is 6.31. The van der Waals surface area contributed by atoms with Gasteiger partial charge in [0.1, 0.15) is 17.9 Å². The molecule has 2 amide bonds. The van der Waals surface area contributed by atoms with Crippen LogP contribution in [0.15, 0.2) is 66.9 Å². The minimum Gasteiger partial charge on any atom is -0.488 e. The summed E-state index contributed by atoms with van der Waals surface area (Å²) < 4.78 is 47.9. The van der Waals surface area contributed by atoms with Crippen molar-refractivity contribution in [3.05, 3.63) is 94.3 Å². The number of para-hydroxylation sites is 1. The van der Waals surface area contributed by atoms with E-state index in [9.17, 15) is 27.9 Å². The molecule has 2 aromatic carbocycles. The van der Waals surface area contributed by atoms with Gasteiger partial charge in [-0.05, 0) is 54.7 Å². The van der Waals surface area contributed by atoms with Gasteiger partial charge in [0, 0.05) is 43.3 Å². The van der Waals surface area contributed by atoms with E-state index in [1.807, 2.05) is 23.1 Å². The molecule has 0 saturated carbocycles. The van der Waals surface area contributed by atoms with E-state index in [-0.39, 0.29) is 24.4 Å². The number of carbonyl (C=O) groups is 2. The second-order valence-electron chi connectivity index (χ2n) is 10.6. The van der Waals surface area contributed by atoms with Crippen molar-refractivity contribution >= 4 is 23.6 Å². The molecule has 4 aromatic rings. The average molecular weight is 628 g/mol. The summed E-state index contributed by atoms with van der Waals surface area (Å²) in [6.07, 6.45) is -2.64. The number of hydrogen-bond donors (Lipinski definition) is 1. The molecule has 3 heterocycles. The second kappa shape index (κ2) is 12.6. The van der Waals surface area contributed by atoms with Crippen molar-refractivity contribution in [2.45, 2.75) is 31.5 Å². The predicted octanol–water partition coefficient (Wildman–Crippen LogP) is 6.74. The maximum absolute atomic E-state index is 13.8. The van der Waals surface area contributed by atoms with Crippen molar-refractivity contribution < 1.29 is 32.6 Å². The number of carboxylic acids is 1. The monoisotopic (exact) mass is 627 g/mol. The molecule has 5 rings (SSSR count). The number of carbonyl (C=O) groups excluding carboxylic acids is 1. The number of likely N-dealkylation sites (tertiary alicyclic amines) is 1. The molecular formula is C31H29ClF3N5O4. The van der Waals surface area contributed by atoms with Gasteiger partial charge in [0.15, 0.2) is 11.5 Å². The number of urea groups is 1. The third-order valence-corrected chi connectivity index (χ3v) is 7.81. The van der Waals surface area contributed by atoms with Crippen LogP contribution in [0.2, 0.25) is 5.02 Å². The van der Waals surface area contributed by atoms with Gasteiger partial charge in [-0.25, -0.2) is 19.3 Å². The van der Waals surface area contributed by atoms with Crippen molar-refractivity contribution in [1.29, 1.82) is 0 Å². The van der Waals surface area contributed by atoms with Crippen LogP contribution < -0.4 is 4.74 Å². The molecule has 13 heteroatoms. The molecule has 44 heavy (non-hydrogen) atoms. The van der Waals surface area contributed by atoms with Crippen molar-refractivity contribution in [1.82, 2.24) is 24.6 Å². The highest BCUT2D eigenvalue weighted by Crippen LogP contribution is 2.36. The maximum atomic E-state index is 13.8. The lowest BCUT2D eigenvalue weighted by molar-refractivity contribution is -0.143. The summed E-state index contributed by atoms with van der Waals surface area (Å²) in [6, 6.07) is 17.2. The zero-order valence-corrected chi connectivity index (χ0v) is 24.6. The highest BCUT2D eigenvalue weighted by Gasteiger charge is 2.41. The molecule has 0 spiro atoms. The number of aromatic nitrogens is 3. The van der Waals surface area contributed by atoms with Gasteiger partial charge in [0.05, 0.1) is 11.9 Å². The fourth-order valence-electron chi connectivity index (χ4n) is 5.22. The Kier molecular flexibility index (Phi) is 8.82. The molecule has 1 fully saturated rings. The number of amides is 2. The Morgan fingerprint density at radius 3 is 2.45 bits per heavy atom. The Morgan fingerprint density at radius 2 is 1.80 bits per heavy atom. The molecule has 1 N–H and O–H groups in total. The van der Waals surface area contributed by atoms with Gasteiger partial charge < -0.3 is 19.6 Å². The predicted molar refractivity (Wildman–Crippen MR) is 157 cm³/mol. The number of piperidine rings is 1. The molecule has 1 aliphatic rings. The van der Waals surface area contributed by atoms with Gasteiger partial charge in [0.2, 0.25) is 0 Å². The maximum Gasteiger partial charge on any atom is 0.434 e. The van der Waals surface area contributed by atoms with E-state index in [0.717, 1.165) is 24.0 Å². The van der Waals surface area contributed by atoms with Gasteiger partial charge in [-0.15, -0.1) is 0 Å². The van der Waals surface area contributed by atoms with E-state index < -0.39 is 23.4 Å². The van der Waals surface area contributed by atoms with Gasteiger partial charge in [-0.2, -0.15) is 18.3 Å². The number of ether oxygens (including phenoxy) is 1. The number of nitrogens with zero attached hydrogens (tertiary/aromatic N) is 5. The fraction of sp³-hybridized carbons (Fsp3) is 0.290. The first-order valence-corrected chi connectivity index (χ1v) is 14.1. The molecular weight excluding hydrogens is 599 g/mol. The number of aromatic carboxylic acids is 1. The highest BCUT2D eigenvalue weighted by atomic mass is 35.5. The second-order valence-corrected chi connectivity index (χ2v) is 11.0. The van der Waals surface area contributed by atoms with E-state index in [1.54, 1.807) is 49.3 Å². The van der Waals surface area contributed by atoms with Crippen LogP contribution >= 0.6 is 11.6 Å². The van der Waals surface area contributed by atoms with Crippen LogP contribution in [0.5, 0.6) is 5.75 Å². The van der Waals surface area contributed by atoms with Crippen molar-refractivity contribution in [3.8, 4) is 22.8 Å². The van der Waals surface area contributed by atoms with E-state index in [4.69, 9.17) is 16.3 Å². The van der Waals surface area contributed by atoms with Gasteiger partial charge in [-0.1, -0.05) is 41.9 Å². The average Bonchev–Trinajstić information content (AvgIpc) is 3.47. The first-order chi connectivity index (χ1) is 20.9. The molecule has 230 valence electrons. The summed E-state index contributed by atoms with van der Waals surface area (Å²) in [5.41, 5.74) is 0.269. The van der Waals surface area contributed by atoms with Crippen LogP contribution in [0.25, 0.3) is 17.1 Å². The van der Waals surface area contributed by atoms with Crippen LogP contribution in [-0.2, 0) is 12.8 Å². The van der Waals surface area contributed by atoms with Crippen LogP contribution in [0.3, 0.4) is 0 Å². The zero-order chi connectivity index (χ0) is 31.6. The molecule has 0 radical (unpaired) electrons. The zero-order valence-electron chi connectivity index (χ0n) is 23.9. The van der Waals surface area contributed by atoms with Gasteiger partial charge >= 0.3 is 18.2 Å². The number of carboxylic acid groups (broad SMARTS) is 1. The lowest BCUT2D eigenvalue weighted by Crippen LogP contribution is -2.43. The smallest absolute Gasteiger partial charge is 0.434 e. The van der Waals surface area contributed by atoms with Gasteiger partial charge in [-0.3, -0.25) is 0 Å². The van der Waals surface area contributed by atoms with Crippen LogP contribution in [0, 0.1) is 0 Å². The number of rotatable bonds is 7. The van der Waals surface area contributed by atoms with E-state index in [1.165, 1.54) is 12.1 Å². The third-order valence-electron chi connectivity index (χ3n) is 7.46. The summed E-state index contributed by atoms with van der Waals surface area (Å²) in [5, 5.41) is 13.4. The van der Waals surface area contributed by atoms with E-state index in [2.05, 4.69) is 10.1 Å². The molecule has 9 nitrogen and oxygen atoms in total. The van der Waals surface area contributed by atoms with E-state index in [0.29, 0.717) is 46.0 Å². The third kappa shape index (κ3) is 6.49. The molecule has 1 saturated heterocycles. The van der Waals surface area contributed by atoms with E-state index >= 15 is 0 Å². The Hall–Kier alpha value is -4.58. The molecule has 0 bridgehead atoms. The summed E-state index contributed by atoms with van der Waals surface area (Å²) in [5.74, 6) is -1.23. The SMILES string of the molecule is CN(C)C(=O)N1CCC(c2ccc(COc3ccccc3-c3cccc(-n4ncc(C(=O)O)c4C(F)(F)F)n3)c(Cl)c2)CC1. The number of alkyl halides is 3. The Bertz CT molecular complexity index is 1680. The van der Waals surface area contributed by atoms with Crippen molar-refractivity contribution in [2.24, 2.45) is 0 Å². The molecule has 2 aromatic heterocycles. The van der Waals surface area contributed by atoms with Crippen LogP contribution in [-0.4, -0.2) is 68.9 Å². The topological polar surface area (TPSA) is 101 Å². The summed E-state index contributed by atoms with van der Waals surface area (Å²) in [4.78, 5) is 31.4. The fourth-order valence-corrected chi connectivity index (χ4v) is 5.47. The van der Waals surface area contributed by atoms with Crippen LogP contribution in [0.4, 0.5) is 18.0 Å².